The molecule has 1 aliphatic heterocycles. The Balaban J connectivity index is 1.41. The molecule has 0 saturated carbocycles. The van der Waals surface area contributed by atoms with Crippen molar-refractivity contribution in [3.63, 3.8) is 0 Å². The van der Waals surface area contributed by atoms with Crippen molar-refractivity contribution in [1.29, 1.82) is 0 Å². The van der Waals surface area contributed by atoms with E-state index in [-0.39, 0.29) is 31.5 Å². The van der Waals surface area contributed by atoms with Crippen LogP contribution in [0.25, 0.3) is 0 Å². The molecule has 1 amide bonds. The zero-order valence-corrected chi connectivity index (χ0v) is 21.6. The number of H-pyrrole nitrogens is 1. The fourth-order valence-electron chi connectivity index (χ4n) is 4.59. The minimum atomic E-state index is -4.87. The highest BCUT2D eigenvalue weighted by atomic mass is 19.4. The summed E-state index contributed by atoms with van der Waals surface area (Å²) in [6.45, 7) is 6.27. The van der Waals surface area contributed by atoms with Gasteiger partial charge in [0.05, 0.1) is 28.6 Å². The van der Waals surface area contributed by atoms with E-state index in [1.54, 1.807) is 44.8 Å². The van der Waals surface area contributed by atoms with Gasteiger partial charge in [0.15, 0.2) is 0 Å². The molecule has 1 unspecified atom stereocenters. The highest BCUT2D eigenvalue weighted by Crippen LogP contribution is 2.32. The summed E-state index contributed by atoms with van der Waals surface area (Å²) in [5.41, 5.74) is -4.50. The lowest BCUT2D eigenvalue weighted by Gasteiger charge is -2.47. The minimum Gasteiger partial charge on any atom is -0.379 e. The first kappa shape index (κ1) is 28.9. The van der Waals surface area contributed by atoms with Crippen LogP contribution in [0.5, 0.6) is 0 Å². The third-order valence-corrected chi connectivity index (χ3v) is 6.42. The monoisotopic (exact) mass is 572 g/mol. The van der Waals surface area contributed by atoms with E-state index in [0.717, 1.165) is 18.6 Å². The van der Waals surface area contributed by atoms with Gasteiger partial charge in [-0.15, -0.1) is 0 Å². The molecule has 0 spiro atoms. The topological polar surface area (TPSA) is 112 Å². The van der Waals surface area contributed by atoms with Crippen LogP contribution in [-0.4, -0.2) is 66.8 Å². The van der Waals surface area contributed by atoms with E-state index in [4.69, 9.17) is 0 Å². The first-order chi connectivity index (χ1) is 18.6. The Morgan fingerprint density at radius 1 is 1.10 bits per heavy atom. The summed E-state index contributed by atoms with van der Waals surface area (Å²) in [7, 11) is 0. The number of nitrogens with zero attached hydrogens (tertiary/aromatic N) is 6. The number of amides is 1. The number of piperazine rings is 1. The van der Waals surface area contributed by atoms with Crippen molar-refractivity contribution in [3.8, 4) is 0 Å². The van der Waals surface area contributed by atoms with Gasteiger partial charge in [0.2, 0.25) is 5.95 Å². The molecule has 40 heavy (non-hydrogen) atoms. The molecule has 3 aromatic rings. The molecular weight excluding hydrogens is 546 g/mol. The second-order valence-corrected chi connectivity index (χ2v) is 10.1. The number of rotatable bonds is 6. The second kappa shape index (κ2) is 10.5. The Hall–Kier alpha value is -4.11. The third kappa shape index (κ3) is 6.20. The van der Waals surface area contributed by atoms with E-state index in [9.17, 15) is 35.9 Å². The first-order valence-corrected chi connectivity index (χ1v) is 12.1. The van der Waals surface area contributed by atoms with Gasteiger partial charge >= 0.3 is 12.4 Å². The molecule has 1 fully saturated rings. The van der Waals surface area contributed by atoms with Crippen LogP contribution in [0.2, 0.25) is 0 Å². The quantitative estimate of drug-likeness (QED) is 0.434. The lowest BCUT2D eigenvalue weighted by Crippen LogP contribution is -2.61. The molecule has 1 aliphatic rings. The maximum atomic E-state index is 13.3. The summed E-state index contributed by atoms with van der Waals surface area (Å²) in [5.74, 6) is -0.152. The van der Waals surface area contributed by atoms with Crippen LogP contribution in [0.1, 0.15) is 42.3 Å². The Labute approximate surface area is 224 Å². The fraction of sp³-hybridized carbons (Fsp3) is 0.458. The SMILES string of the molecule is CC(Cn1ccc(C(=O)N2CCN(c3ncc(C(F)(F)F)cn3)CC2(C)C)c1)Nc1cn[nH]c(=O)c1C(F)(F)F. The Bertz CT molecular complexity index is 1410. The van der Waals surface area contributed by atoms with Crippen molar-refractivity contribution >= 4 is 17.5 Å². The molecule has 0 radical (unpaired) electrons. The van der Waals surface area contributed by atoms with Crippen LogP contribution in [0, 0.1) is 0 Å². The van der Waals surface area contributed by atoms with Crippen LogP contribution < -0.4 is 15.8 Å². The van der Waals surface area contributed by atoms with Crippen LogP contribution >= 0.6 is 0 Å². The van der Waals surface area contributed by atoms with Crippen molar-refractivity contribution in [2.24, 2.45) is 0 Å². The van der Waals surface area contributed by atoms with E-state index in [2.05, 4.69) is 20.4 Å². The van der Waals surface area contributed by atoms with E-state index >= 15 is 0 Å². The predicted molar refractivity (Wildman–Crippen MR) is 132 cm³/mol. The number of alkyl halides is 6. The van der Waals surface area contributed by atoms with Gasteiger partial charge in [-0.2, -0.15) is 31.4 Å². The zero-order chi connectivity index (χ0) is 29.5. The van der Waals surface area contributed by atoms with Crippen molar-refractivity contribution < 1.29 is 31.1 Å². The van der Waals surface area contributed by atoms with Crippen LogP contribution in [0.3, 0.4) is 0 Å². The standard InChI is InChI=1S/C24H26F6N8O2/c1-14(34-17-10-33-35-19(39)18(17)24(28,29)30)11-36-5-4-15(12-36)20(40)38-7-6-37(13-22(38,2)3)21-31-8-16(9-32-21)23(25,26)27/h4-5,8-10,12,14H,6-7,11,13H2,1-3H3,(H2,34,35,39). The summed E-state index contributed by atoms with van der Waals surface area (Å²) in [4.78, 5) is 36.1. The molecule has 3 aromatic heterocycles. The average molecular weight is 573 g/mol. The molecular formula is C24H26F6N8O2. The molecule has 1 saturated heterocycles. The average Bonchev–Trinajstić information content (AvgIpc) is 3.30. The van der Waals surface area contributed by atoms with Gasteiger partial charge in [0.25, 0.3) is 11.5 Å². The van der Waals surface area contributed by atoms with E-state index in [1.165, 1.54) is 0 Å². The summed E-state index contributed by atoms with van der Waals surface area (Å²) in [6.07, 6.45) is -3.89. The molecule has 16 heteroatoms. The zero-order valence-electron chi connectivity index (χ0n) is 21.6. The molecule has 0 aromatic carbocycles. The second-order valence-electron chi connectivity index (χ2n) is 10.1. The summed E-state index contributed by atoms with van der Waals surface area (Å²) in [5, 5.41) is 7.87. The third-order valence-electron chi connectivity index (χ3n) is 6.42. The van der Waals surface area contributed by atoms with Gasteiger partial charge in [0, 0.05) is 57.0 Å². The molecule has 1 atom stereocenters. The molecule has 0 aliphatic carbocycles. The van der Waals surface area contributed by atoms with Crippen LogP contribution in [0.15, 0.2) is 41.8 Å². The molecule has 0 bridgehead atoms. The number of hydrogen-bond acceptors (Lipinski definition) is 7. The predicted octanol–water partition coefficient (Wildman–Crippen LogP) is 3.64. The molecule has 4 heterocycles. The van der Waals surface area contributed by atoms with Crippen molar-refractivity contribution in [3.05, 3.63) is 64.1 Å². The Morgan fingerprint density at radius 2 is 1.77 bits per heavy atom. The first-order valence-electron chi connectivity index (χ1n) is 12.1. The van der Waals surface area contributed by atoms with Gasteiger partial charge < -0.3 is 19.7 Å². The number of aromatic nitrogens is 5. The summed E-state index contributed by atoms with van der Waals surface area (Å²) < 4.78 is 80.1. The van der Waals surface area contributed by atoms with Crippen molar-refractivity contribution in [2.75, 3.05) is 29.9 Å². The van der Waals surface area contributed by atoms with Crippen molar-refractivity contribution in [1.82, 2.24) is 29.6 Å². The number of halogens is 6. The van der Waals surface area contributed by atoms with E-state index < -0.39 is 46.3 Å². The normalized spacial score (nSPS) is 16.6. The molecule has 216 valence electrons. The maximum absolute atomic E-state index is 13.3. The van der Waals surface area contributed by atoms with Crippen LogP contribution in [0.4, 0.5) is 38.0 Å². The lowest BCUT2D eigenvalue weighted by molar-refractivity contribution is -0.139. The number of hydrogen-bond donors (Lipinski definition) is 2. The van der Waals surface area contributed by atoms with Gasteiger partial charge in [0.1, 0.15) is 5.56 Å². The largest absolute Gasteiger partial charge is 0.423 e. The number of carbonyl (C=O) groups excluding carboxylic acids is 1. The Morgan fingerprint density at radius 3 is 2.38 bits per heavy atom. The highest BCUT2D eigenvalue weighted by molar-refractivity contribution is 5.94. The lowest BCUT2D eigenvalue weighted by atomic mass is 9.98. The highest BCUT2D eigenvalue weighted by Gasteiger charge is 2.39. The summed E-state index contributed by atoms with van der Waals surface area (Å²) in [6, 6.07) is 1.02. The minimum absolute atomic E-state index is 0.130. The van der Waals surface area contributed by atoms with Gasteiger partial charge in [-0.3, -0.25) is 9.59 Å². The number of anilines is 2. The van der Waals surface area contributed by atoms with Gasteiger partial charge in [-0.05, 0) is 26.8 Å². The Kier molecular flexibility index (Phi) is 7.56. The van der Waals surface area contributed by atoms with Crippen molar-refractivity contribution in [2.45, 2.75) is 51.2 Å². The van der Waals surface area contributed by atoms with Gasteiger partial charge in [-0.25, -0.2) is 15.1 Å². The van der Waals surface area contributed by atoms with Gasteiger partial charge in [-0.1, -0.05) is 0 Å². The number of nitrogens with one attached hydrogen (secondary N) is 2. The van der Waals surface area contributed by atoms with Crippen LogP contribution in [-0.2, 0) is 18.9 Å². The summed E-state index contributed by atoms with van der Waals surface area (Å²) >= 11 is 0. The molecule has 2 N–H and O–H groups in total. The molecule has 10 nitrogen and oxygen atoms in total. The van der Waals surface area contributed by atoms with E-state index in [1.807, 2.05) is 13.8 Å². The van der Waals surface area contributed by atoms with E-state index in [0.29, 0.717) is 12.1 Å². The smallest absolute Gasteiger partial charge is 0.379 e. The maximum Gasteiger partial charge on any atom is 0.423 e. The number of aromatic amines is 1. The number of carbonyl (C=O) groups is 1. The fourth-order valence-corrected chi connectivity index (χ4v) is 4.59. The molecule has 4 rings (SSSR count).